The summed E-state index contributed by atoms with van der Waals surface area (Å²) in [7, 11) is 0. The lowest BCUT2D eigenvalue weighted by Gasteiger charge is -2.27. The first-order valence-electron chi connectivity index (χ1n) is 14.7. The van der Waals surface area contributed by atoms with Gasteiger partial charge in [0.1, 0.15) is 0 Å². The second kappa shape index (κ2) is 13.7. The molecule has 6 heteroatoms. The normalized spacial score (nSPS) is 18.2. The van der Waals surface area contributed by atoms with E-state index >= 15 is 0 Å². The van der Waals surface area contributed by atoms with Crippen molar-refractivity contribution in [1.82, 2.24) is 0 Å². The summed E-state index contributed by atoms with van der Waals surface area (Å²) in [5.74, 6) is 0. The number of aliphatic hydroxyl groups excluding tert-OH is 2. The average molecular weight is 548 g/mol. The number of hydrogen-bond acceptors (Lipinski definition) is 5. The Morgan fingerprint density at radius 3 is 2.23 bits per heavy atom. The topological polar surface area (TPSA) is 65.2 Å². The van der Waals surface area contributed by atoms with Gasteiger partial charge in [-0.2, -0.15) is 4.58 Å². The Morgan fingerprint density at radius 1 is 0.775 bits per heavy atom. The third kappa shape index (κ3) is 6.41. The lowest BCUT2D eigenvalue weighted by Crippen LogP contribution is -2.28. The summed E-state index contributed by atoms with van der Waals surface area (Å²) < 4.78 is 13.7. The molecule has 6 nitrogen and oxygen atoms in total. The summed E-state index contributed by atoms with van der Waals surface area (Å²) in [6.45, 7) is 13.5. The van der Waals surface area contributed by atoms with Crippen molar-refractivity contribution in [2.24, 2.45) is 0 Å². The molecule has 2 aromatic rings. The van der Waals surface area contributed by atoms with Crippen LogP contribution in [0, 0.1) is 0 Å². The lowest BCUT2D eigenvalue weighted by molar-refractivity contribution is -0.439. The molecule has 0 amide bonds. The molecule has 0 fully saturated rings. The second-order valence-electron chi connectivity index (χ2n) is 11.6. The summed E-state index contributed by atoms with van der Waals surface area (Å²) >= 11 is 0. The first kappa shape index (κ1) is 30.2. The molecular formula is C34H47N2O4+. The molecule has 0 saturated carbocycles. The molecule has 0 saturated heterocycles. The number of aliphatic hydroxyl groups is 2. The van der Waals surface area contributed by atoms with Crippen LogP contribution in [0.5, 0.6) is 0 Å². The van der Waals surface area contributed by atoms with Gasteiger partial charge < -0.3 is 24.6 Å². The molecule has 0 unspecified atom stereocenters. The number of anilines is 1. The van der Waals surface area contributed by atoms with Crippen LogP contribution in [0.15, 0.2) is 72.5 Å². The van der Waals surface area contributed by atoms with Gasteiger partial charge in [0.2, 0.25) is 5.69 Å². The molecule has 2 heterocycles. The molecule has 0 radical (unpaired) electrons. The van der Waals surface area contributed by atoms with Crippen LogP contribution in [0.25, 0.3) is 0 Å². The highest BCUT2D eigenvalue weighted by molar-refractivity contribution is 6.03. The average Bonchev–Trinajstić information content (AvgIpc) is 3.30. The predicted octanol–water partition coefficient (Wildman–Crippen LogP) is 5.49. The Kier molecular flexibility index (Phi) is 10.4. The maximum atomic E-state index is 9.04. The van der Waals surface area contributed by atoms with Crippen molar-refractivity contribution in [2.75, 3.05) is 57.6 Å². The van der Waals surface area contributed by atoms with Gasteiger partial charge in [-0.05, 0) is 44.4 Å². The number of hydrogen-bond donors (Lipinski definition) is 2. The molecule has 40 heavy (non-hydrogen) atoms. The van der Waals surface area contributed by atoms with Gasteiger partial charge in [0.15, 0.2) is 12.3 Å². The first-order chi connectivity index (χ1) is 19.3. The van der Waals surface area contributed by atoms with E-state index in [2.05, 4.69) is 104 Å². The van der Waals surface area contributed by atoms with Crippen molar-refractivity contribution in [1.29, 1.82) is 0 Å². The molecule has 4 rings (SSSR count). The van der Waals surface area contributed by atoms with Crippen molar-refractivity contribution in [3.63, 3.8) is 0 Å². The smallest absolute Gasteiger partial charge is 0.209 e. The SMILES string of the molecule is CC1(C)C(/C=C/C=C2/N(CCCOCCO)c3ccccc3C2(C)C)=[N+](CCCOCCCO)c2ccccc21. The summed E-state index contributed by atoms with van der Waals surface area (Å²) in [4.78, 5) is 2.43. The Labute approximate surface area is 240 Å². The summed E-state index contributed by atoms with van der Waals surface area (Å²) in [5, 5.41) is 18.0. The minimum Gasteiger partial charge on any atom is -0.396 e. The van der Waals surface area contributed by atoms with Gasteiger partial charge in [-0.25, -0.2) is 0 Å². The van der Waals surface area contributed by atoms with Crippen LogP contribution in [0.3, 0.4) is 0 Å². The highest BCUT2D eigenvalue weighted by Gasteiger charge is 2.44. The van der Waals surface area contributed by atoms with Gasteiger partial charge in [-0.3, -0.25) is 0 Å². The van der Waals surface area contributed by atoms with Crippen LogP contribution >= 0.6 is 0 Å². The van der Waals surface area contributed by atoms with E-state index in [4.69, 9.17) is 19.7 Å². The number of nitrogens with zero attached hydrogens (tertiary/aromatic N) is 2. The molecule has 2 aliphatic heterocycles. The minimum absolute atomic E-state index is 0.0579. The molecular weight excluding hydrogens is 500 g/mol. The van der Waals surface area contributed by atoms with Gasteiger partial charge in [-0.15, -0.1) is 0 Å². The van der Waals surface area contributed by atoms with E-state index in [9.17, 15) is 0 Å². The highest BCUT2D eigenvalue weighted by atomic mass is 16.5. The quantitative estimate of drug-likeness (QED) is 0.228. The predicted molar refractivity (Wildman–Crippen MR) is 163 cm³/mol. The van der Waals surface area contributed by atoms with Crippen molar-refractivity contribution < 1.29 is 24.3 Å². The van der Waals surface area contributed by atoms with Gasteiger partial charge in [-0.1, -0.05) is 56.3 Å². The molecule has 0 atom stereocenters. The molecule has 2 aliphatic rings. The van der Waals surface area contributed by atoms with E-state index in [1.165, 1.54) is 33.9 Å². The van der Waals surface area contributed by atoms with Crippen molar-refractivity contribution >= 4 is 17.1 Å². The minimum atomic E-state index is -0.114. The highest BCUT2D eigenvalue weighted by Crippen LogP contribution is 2.47. The van der Waals surface area contributed by atoms with Gasteiger partial charge >= 0.3 is 0 Å². The Hall–Kier alpha value is -2.77. The largest absolute Gasteiger partial charge is 0.396 e. The molecule has 0 bridgehead atoms. The molecule has 2 aromatic carbocycles. The standard InChI is InChI=1S/C34H47N2O4/c1-33(2)27-13-5-7-15-29(27)35(19-10-23-39-25-12-21-37)31(33)17-9-18-32-34(3,4)28-14-6-8-16-30(28)36(32)20-11-24-40-26-22-38/h5-9,13-18,37-38H,10-12,19-26H2,1-4H3/q+1. The van der Waals surface area contributed by atoms with Crippen LogP contribution in [0.1, 0.15) is 58.1 Å². The van der Waals surface area contributed by atoms with E-state index in [1.54, 1.807) is 0 Å². The van der Waals surface area contributed by atoms with Crippen LogP contribution in [0.4, 0.5) is 11.4 Å². The number of rotatable bonds is 15. The van der Waals surface area contributed by atoms with E-state index in [0.717, 1.165) is 25.9 Å². The fourth-order valence-electron chi connectivity index (χ4n) is 6.08. The zero-order valence-corrected chi connectivity index (χ0v) is 24.7. The van der Waals surface area contributed by atoms with E-state index in [0.29, 0.717) is 32.8 Å². The Morgan fingerprint density at radius 2 is 1.45 bits per heavy atom. The first-order valence-corrected chi connectivity index (χ1v) is 14.7. The third-order valence-electron chi connectivity index (χ3n) is 8.13. The molecule has 0 aromatic heterocycles. The van der Waals surface area contributed by atoms with E-state index in [-0.39, 0.29) is 24.0 Å². The van der Waals surface area contributed by atoms with E-state index in [1.807, 2.05) is 0 Å². The molecule has 216 valence electrons. The Bertz CT molecular complexity index is 1230. The number of para-hydroxylation sites is 2. The molecule has 0 aliphatic carbocycles. The zero-order valence-electron chi connectivity index (χ0n) is 24.7. The second-order valence-corrected chi connectivity index (χ2v) is 11.6. The fourth-order valence-corrected chi connectivity index (χ4v) is 6.08. The van der Waals surface area contributed by atoms with Gasteiger partial charge in [0, 0.05) is 67.3 Å². The monoisotopic (exact) mass is 547 g/mol. The summed E-state index contributed by atoms with van der Waals surface area (Å²) in [6, 6.07) is 17.4. The molecule has 0 spiro atoms. The number of ether oxygens (including phenoxy) is 2. The van der Waals surface area contributed by atoms with Gasteiger partial charge in [0.05, 0.1) is 25.2 Å². The van der Waals surface area contributed by atoms with Crippen molar-refractivity contribution in [3.8, 4) is 0 Å². The summed E-state index contributed by atoms with van der Waals surface area (Å²) in [5.41, 5.74) is 7.57. The zero-order chi connectivity index (χ0) is 28.6. The van der Waals surface area contributed by atoms with Crippen LogP contribution in [-0.4, -0.2) is 73.2 Å². The Balaban J connectivity index is 1.60. The van der Waals surface area contributed by atoms with Crippen molar-refractivity contribution in [2.45, 2.75) is 57.8 Å². The number of benzene rings is 2. The summed E-state index contributed by atoms with van der Waals surface area (Å²) in [6.07, 6.45) is 9.30. The van der Waals surface area contributed by atoms with Crippen molar-refractivity contribution in [3.05, 3.63) is 83.6 Å². The van der Waals surface area contributed by atoms with Crippen LogP contribution in [0.2, 0.25) is 0 Å². The third-order valence-corrected chi connectivity index (χ3v) is 8.13. The molecule has 2 N–H and O–H groups in total. The maximum Gasteiger partial charge on any atom is 0.209 e. The van der Waals surface area contributed by atoms with Crippen LogP contribution < -0.4 is 4.90 Å². The van der Waals surface area contributed by atoms with Gasteiger partial charge in [0.25, 0.3) is 0 Å². The maximum absolute atomic E-state index is 9.04. The number of fused-ring (bicyclic) bond motifs is 2. The van der Waals surface area contributed by atoms with E-state index < -0.39 is 0 Å². The fraction of sp³-hybridized carbons (Fsp3) is 0.500. The number of allylic oxidation sites excluding steroid dienone is 4. The lowest BCUT2D eigenvalue weighted by atomic mass is 9.81. The van der Waals surface area contributed by atoms with Crippen LogP contribution in [-0.2, 0) is 20.3 Å².